The van der Waals surface area contributed by atoms with Gasteiger partial charge in [0.15, 0.2) is 0 Å². The van der Waals surface area contributed by atoms with Crippen LogP contribution in [-0.4, -0.2) is 27.6 Å². The summed E-state index contributed by atoms with van der Waals surface area (Å²) in [6.45, 7) is 4.36. The number of nitrogens with two attached hydrogens (primary N) is 1. The lowest BCUT2D eigenvalue weighted by molar-refractivity contribution is 0.648. The van der Waals surface area contributed by atoms with E-state index in [1.807, 2.05) is 14.1 Å². The lowest BCUT2D eigenvalue weighted by atomic mass is 10.4. The Morgan fingerprint density at radius 2 is 1.29 bits per heavy atom. The Morgan fingerprint density at radius 1 is 1.14 bits per heavy atom. The highest BCUT2D eigenvalue weighted by atomic mass is 32.1. The van der Waals surface area contributed by atoms with Gasteiger partial charge in [0.1, 0.15) is 8.64 Å². The normalized spacial score (nSPS) is 7.29. The van der Waals surface area contributed by atoms with E-state index in [9.17, 15) is 0 Å². The summed E-state index contributed by atoms with van der Waals surface area (Å²) in [5, 5.41) is 0. The fourth-order valence-corrected chi connectivity index (χ4v) is 0. The van der Waals surface area contributed by atoms with Crippen molar-refractivity contribution < 1.29 is 0 Å². The van der Waals surface area contributed by atoms with Gasteiger partial charge in [0.2, 0.25) is 0 Å². The van der Waals surface area contributed by atoms with Crippen molar-refractivity contribution in [2.24, 2.45) is 5.73 Å². The van der Waals surface area contributed by atoms with Crippen LogP contribution in [0.2, 0.25) is 0 Å². The summed E-state index contributed by atoms with van der Waals surface area (Å²) in [4.78, 5) is 1.76. The van der Waals surface area contributed by atoms with Gasteiger partial charge in [0.05, 0.1) is 0 Å². The van der Waals surface area contributed by atoms with Crippen molar-refractivity contribution in [1.29, 1.82) is 0 Å². The first kappa shape index (κ1) is 20.0. The topological polar surface area (TPSA) is 29.3 Å². The third-order valence-corrected chi connectivity index (χ3v) is 1.65. The minimum absolute atomic E-state index is 0.194. The Hall–Kier alpha value is 0.480. The third kappa shape index (κ3) is 54.8. The van der Waals surface area contributed by atoms with Crippen molar-refractivity contribution >= 4 is 58.3 Å². The van der Waals surface area contributed by atoms with Crippen molar-refractivity contribution in [2.75, 3.05) is 14.1 Å². The SMILES string of the molecule is CCCC.CN(C)C(=S)S.NC(=S)S. The molecule has 0 fully saturated rings. The summed E-state index contributed by atoms with van der Waals surface area (Å²) >= 11 is 16.1. The zero-order chi connectivity index (χ0) is 12.1. The van der Waals surface area contributed by atoms with E-state index in [1.54, 1.807) is 4.90 Å². The van der Waals surface area contributed by atoms with E-state index in [4.69, 9.17) is 5.73 Å². The molecule has 0 bridgehead atoms. The monoisotopic (exact) mass is 272 g/mol. The van der Waals surface area contributed by atoms with Crippen LogP contribution in [0, 0.1) is 0 Å². The van der Waals surface area contributed by atoms with Crippen molar-refractivity contribution in [3.63, 3.8) is 0 Å². The van der Waals surface area contributed by atoms with Gasteiger partial charge in [-0.25, -0.2) is 0 Å². The summed E-state index contributed by atoms with van der Waals surface area (Å²) < 4.78 is 0.815. The number of thiocarbonyl (C=S) groups is 2. The maximum absolute atomic E-state index is 4.71. The van der Waals surface area contributed by atoms with Gasteiger partial charge in [-0.2, -0.15) is 0 Å². The molecular formula is C8H20N2S4. The van der Waals surface area contributed by atoms with Gasteiger partial charge in [0.25, 0.3) is 0 Å². The molecule has 0 aliphatic carbocycles. The summed E-state index contributed by atoms with van der Waals surface area (Å²) in [7, 11) is 3.71. The smallest absolute Gasteiger partial charge is 0.132 e. The van der Waals surface area contributed by atoms with Crippen molar-refractivity contribution in [2.45, 2.75) is 26.7 Å². The molecule has 0 amide bonds. The van der Waals surface area contributed by atoms with E-state index in [1.165, 1.54) is 12.8 Å². The molecule has 0 saturated carbocycles. The molecule has 0 aromatic carbocycles. The minimum atomic E-state index is 0.194. The number of hydrogen-bond acceptors (Lipinski definition) is 2. The Kier molecular flexibility index (Phi) is 22.7. The minimum Gasteiger partial charge on any atom is -0.385 e. The second kappa shape index (κ2) is 15.9. The van der Waals surface area contributed by atoms with Gasteiger partial charge in [-0.15, -0.1) is 25.3 Å². The van der Waals surface area contributed by atoms with Crippen LogP contribution >= 0.6 is 49.7 Å². The second-order valence-electron chi connectivity index (χ2n) is 2.52. The number of hydrogen-bond donors (Lipinski definition) is 3. The van der Waals surface area contributed by atoms with E-state index in [0.29, 0.717) is 4.32 Å². The zero-order valence-electron chi connectivity index (χ0n) is 9.15. The molecule has 0 aromatic rings. The van der Waals surface area contributed by atoms with Crippen molar-refractivity contribution in [3.8, 4) is 0 Å². The molecule has 0 radical (unpaired) electrons. The number of nitrogens with zero attached hydrogens (tertiary/aromatic N) is 1. The molecule has 0 atom stereocenters. The average Bonchev–Trinajstić information content (AvgIpc) is 2.03. The van der Waals surface area contributed by atoms with Gasteiger partial charge < -0.3 is 10.6 Å². The van der Waals surface area contributed by atoms with E-state index in [-0.39, 0.29) is 4.32 Å². The first-order chi connectivity index (χ1) is 6.29. The van der Waals surface area contributed by atoms with Crippen LogP contribution < -0.4 is 5.73 Å². The van der Waals surface area contributed by atoms with Crippen molar-refractivity contribution in [3.05, 3.63) is 0 Å². The summed E-state index contributed by atoms with van der Waals surface area (Å²) in [5.74, 6) is 0. The molecule has 0 unspecified atom stereocenters. The van der Waals surface area contributed by atoms with Crippen molar-refractivity contribution in [1.82, 2.24) is 4.90 Å². The highest BCUT2D eigenvalue weighted by molar-refractivity contribution is 8.11. The molecule has 14 heavy (non-hydrogen) atoms. The van der Waals surface area contributed by atoms with Gasteiger partial charge >= 0.3 is 0 Å². The van der Waals surface area contributed by atoms with E-state index < -0.39 is 0 Å². The fourth-order valence-electron chi connectivity index (χ4n) is 0. The standard InChI is InChI=1S/C4H10.C3H7NS2.CH3NS2/c1-3-4-2;1-4(2)3(5)6;2-1(3)4/h3-4H2,1-2H3;1-2H3,(H,5,6);(H3,2,3,4). The van der Waals surface area contributed by atoms with E-state index in [2.05, 4.69) is 63.5 Å². The van der Waals surface area contributed by atoms with Crippen LogP contribution in [0.4, 0.5) is 0 Å². The molecule has 0 aliphatic heterocycles. The van der Waals surface area contributed by atoms with Crippen LogP contribution in [0.15, 0.2) is 0 Å². The van der Waals surface area contributed by atoms with E-state index >= 15 is 0 Å². The first-order valence-electron chi connectivity index (χ1n) is 4.18. The Bertz CT molecular complexity index is 142. The zero-order valence-corrected chi connectivity index (χ0v) is 12.6. The molecule has 0 aliphatic rings. The Labute approximate surface area is 109 Å². The molecule has 0 heterocycles. The Balaban J connectivity index is -0.000000135. The van der Waals surface area contributed by atoms with Gasteiger partial charge in [-0.1, -0.05) is 51.1 Å². The molecule has 0 rings (SSSR count). The van der Waals surface area contributed by atoms with Gasteiger partial charge in [0, 0.05) is 14.1 Å². The van der Waals surface area contributed by atoms with Crippen LogP contribution in [0.3, 0.4) is 0 Å². The molecule has 0 aromatic heterocycles. The molecule has 6 heteroatoms. The fraction of sp³-hybridized carbons (Fsp3) is 0.750. The average molecular weight is 273 g/mol. The van der Waals surface area contributed by atoms with Gasteiger partial charge in [-0.05, 0) is 0 Å². The predicted octanol–water partition coefficient (Wildman–Crippen LogP) is 2.73. The summed E-state index contributed by atoms with van der Waals surface area (Å²) in [6, 6.07) is 0. The lowest BCUT2D eigenvalue weighted by Gasteiger charge is -2.05. The largest absolute Gasteiger partial charge is 0.385 e. The number of thiol groups is 2. The van der Waals surface area contributed by atoms with Crippen LogP contribution in [0.1, 0.15) is 26.7 Å². The highest BCUT2D eigenvalue weighted by Gasteiger charge is 1.83. The molecule has 0 saturated heterocycles. The molecule has 2 nitrogen and oxygen atoms in total. The molecular weight excluding hydrogens is 252 g/mol. The first-order valence-corrected chi connectivity index (χ1v) is 5.89. The quantitative estimate of drug-likeness (QED) is 0.506. The summed E-state index contributed by atoms with van der Waals surface area (Å²) in [5.41, 5.74) is 4.71. The molecule has 2 N–H and O–H groups in total. The summed E-state index contributed by atoms with van der Waals surface area (Å²) in [6.07, 6.45) is 2.64. The maximum Gasteiger partial charge on any atom is 0.132 e. The number of unbranched alkanes of at least 4 members (excludes halogenated alkanes) is 1. The van der Waals surface area contributed by atoms with Crippen LogP contribution in [-0.2, 0) is 0 Å². The van der Waals surface area contributed by atoms with Crippen LogP contribution in [0.5, 0.6) is 0 Å². The third-order valence-electron chi connectivity index (χ3n) is 0.883. The predicted molar refractivity (Wildman–Crippen MR) is 81.6 cm³/mol. The molecule has 0 spiro atoms. The van der Waals surface area contributed by atoms with Gasteiger partial charge in [-0.3, -0.25) is 0 Å². The Morgan fingerprint density at radius 3 is 1.29 bits per heavy atom. The van der Waals surface area contributed by atoms with E-state index in [0.717, 1.165) is 0 Å². The highest BCUT2D eigenvalue weighted by Crippen LogP contribution is 1.84. The van der Waals surface area contributed by atoms with Crippen LogP contribution in [0.25, 0.3) is 0 Å². The second-order valence-corrected chi connectivity index (χ2v) is 4.85. The lowest BCUT2D eigenvalue weighted by Crippen LogP contribution is -2.12. The molecule has 86 valence electrons. The number of rotatable bonds is 1. The maximum atomic E-state index is 4.71.